The van der Waals surface area contributed by atoms with Crippen LogP contribution in [0, 0.1) is 6.92 Å². The lowest BCUT2D eigenvalue weighted by molar-refractivity contribution is 0.0993. The number of nitrogens with zero attached hydrogens (tertiary/aromatic N) is 3. The fraction of sp³-hybridized carbons (Fsp3) is 0.125. The molecule has 66 valence electrons. The third kappa shape index (κ3) is 1.14. The summed E-state index contributed by atoms with van der Waals surface area (Å²) in [6.45, 7) is 1.84. The number of amides is 1. The fourth-order valence-corrected chi connectivity index (χ4v) is 1.13. The molecule has 1 amide bonds. The summed E-state index contributed by atoms with van der Waals surface area (Å²) in [7, 11) is 0. The van der Waals surface area contributed by atoms with Crippen molar-refractivity contribution < 1.29 is 4.79 Å². The quantitative estimate of drug-likeness (QED) is 0.671. The highest BCUT2D eigenvalue weighted by Crippen LogP contribution is 2.04. The van der Waals surface area contributed by atoms with Gasteiger partial charge in [0.05, 0.1) is 11.9 Å². The molecule has 0 aliphatic carbocycles. The van der Waals surface area contributed by atoms with E-state index in [1.807, 2.05) is 13.0 Å². The summed E-state index contributed by atoms with van der Waals surface area (Å²) in [5, 5.41) is 4.11. The van der Waals surface area contributed by atoms with Crippen LogP contribution in [0.4, 0.5) is 0 Å². The van der Waals surface area contributed by atoms with Gasteiger partial charge in [-0.25, -0.2) is 9.50 Å². The first kappa shape index (κ1) is 7.72. The maximum Gasteiger partial charge on any atom is 0.269 e. The predicted molar refractivity (Wildman–Crippen MR) is 46.2 cm³/mol. The third-order valence-corrected chi connectivity index (χ3v) is 1.75. The van der Waals surface area contributed by atoms with Crippen LogP contribution in [0.25, 0.3) is 5.65 Å². The lowest BCUT2D eigenvalue weighted by Crippen LogP contribution is -2.14. The van der Waals surface area contributed by atoms with Crippen LogP contribution >= 0.6 is 0 Å². The number of fused-ring (bicyclic) bond motifs is 1. The summed E-state index contributed by atoms with van der Waals surface area (Å²) in [4.78, 5) is 14.9. The van der Waals surface area contributed by atoms with Gasteiger partial charge in [-0.1, -0.05) is 0 Å². The number of primary amides is 1. The molecule has 2 heterocycles. The van der Waals surface area contributed by atoms with Crippen LogP contribution in [0.1, 0.15) is 16.2 Å². The Kier molecular flexibility index (Phi) is 1.51. The van der Waals surface area contributed by atoms with Gasteiger partial charge in [-0.2, -0.15) is 5.10 Å². The first-order chi connectivity index (χ1) is 6.18. The van der Waals surface area contributed by atoms with Crippen molar-refractivity contribution in [2.45, 2.75) is 6.92 Å². The van der Waals surface area contributed by atoms with E-state index >= 15 is 0 Å². The summed E-state index contributed by atoms with van der Waals surface area (Å²) in [6.07, 6.45) is 1.42. The second-order valence-corrected chi connectivity index (χ2v) is 2.75. The number of carbonyl (C=O) groups is 1. The Labute approximate surface area is 74.2 Å². The molecule has 0 unspecified atom stereocenters. The van der Waals surface area contributed by atoms with E-state index in [-0.39, 0.29) is 0 Å². The second-order valence-electron chi connectivity index (χ2n) is 2.75. The molecule has 13 heavy (non-hydrogen) atoms. The average molecular weight is 176 g/mol. The second kappa shape index (κ2) is 2.55. The third-order valence-electron chi connectivity index (χ3n) is 1.75. The lowest BCUT2D eigenvalue weighted by Gasteiger charge is -1.96. The van der Waals surface area contributed by atoms with E-state index in [4.69, 9.17) is 5.73 Å². The number of hydrogen-bond donors (Lipinski definition) is 1. The molecule has 2 rings (SSSR count). The molecule has 0 bridgehead atoms. The van der Waals surface area contributed by atoms with E-state index in [0.717, 1.165) is 5.69 Å². The average Bonchev–Trinajstić information content (AvgIpc) is 2.46. The molecule has 0 atom stereocenters. The molecular weight excluding hydrogens is 168 g/mol. The first-order valence-electron chi connectivity index (χ1n) is 3.79. The number of nitrogens with two attached hydrogens (primary N) is 1. The highest BCUT2D eigenvalue weighted by atomic mass is 16.1. The van der Waals surface area contributed by atoms with Crippen molar-refractivity contribution >= 4 is 11.6 Å². The van der Waals surface area contributed by atoms with Crippen molar-refractivity contribution in [1.29, 1.82) is 0 Å². The summed E-state index contributed by atoms with van der Waals surface area (Å²) in [5.41, 5.74) is 6.88. The van der Waals surface area contributed by atoms with Crippen molar-refractivity contribution in [2.24, 2.45) is 5.73 Å². The monoisotopic (exact) mass is 176 g/mol. The van der Waals surface area contributed by atoms with Crippen molar-refractivity contribution in [3.05, 3.63) is 29.7 Å². The Morgan fingerprint density at radius 3 is 3.00 bits per heavy atom. The topological polar surface area (TPSA) is 73.3 Å². The standard InChI is InChI=1S/C8H8N4O/c1-5-2-3-7-10-4-6(8(9)13)12(7)11-5/h2-4H,1H3,(H2,9,13). The molecule has 2 aromatic heterocycles. The fourth-order valence-electron chi connectivity index (χ4n) is 1.13. The van der Waals surface area contributed by atoms with Crippen molar-refractivity contribution in [1.82, 2.24) is 14.6 Å². The normalized spacial score (nSPS) is 10.5. The Morgan fingerprint density at radius 2 is 2.31 bits per heavy atom. The van der Waals surface area contributed by atoms with Gasteiger partial charge in [0.25, 0.3) is 5.91 Å². The van der Waals surface area contributed by atoms with Gasteiger partial charge in [0, 0.05) is 0 Å². The Bertz CT molecular complexity index is 474. The molecule has 0 aliphatic rings. The number of carbonyl (C=O) groups excluding carboxylic acids is 1. The van der Waals surface area contributed by atoms with Crippen molar-refractivity contribution in [2.75, 3.05) is 0 Å². The zero-order valence-corrected chi connectivity index (χ0v) is 7.06. The Balaban J connectivity index is 2.79. The summed E-state index contributed by atoms with van der Waals surface area (Å²) < 4.78 is 1.44. The molecule has 0 saturated heterocycles. The minimum Gasteiger partial charge on any atom is -0.364 e. The van der Waals surface area contributed by atoms with E-state index in [1.165, 1.54) is 10.7 Å². The van der Waals surface area contributed by atoms with Gasteiger partial charge < -0.3 is 5.73 Å². The van der Waals surface area contributed by atoms with E-state index in [9.17, 15) is 4.79 Å². The van der Waals surface area contributed by atoms with Gasteiger partial charge in [0.1, 0.15) is 5.69 Å². The molecule has 0 fully saturated rings. The smallest absolute Gasteiger partial charge is 0.269 e. The van der Waals surface area contributed by atoms with E-state index < -0.39 is 5.91 Å². The largest absolute Gasteiger partial charge is 0.364 e. The minimum atomic E-state index is -0.523. The molecule has 5 nitrogen and oxygen atoms in total. The number of hydrogen-bond acceptors (Lipinski definition) is 3. The maximum absolute atomic E-state index is 10.9. The van der Waals surface area contributed by atoms with E-state index in [2.05, 4.69) is 10.1 Å². The van der Waals surface area contributed by atoms with Gasteiger partial charge in [-0.05, 0) is 19.1 Å². The molecule has 2 N–H and O–H groups in total. The van der Waals surface area contributed by atoms with Gasteiger partial charge in [0.2, 0.25) is 0 Å². The lowest BCUT2D eigenvalue weighted by atomic mass is 10.4. The highest BCUT2D eigenvalue weighted by Gasteiger charge is 2.08. The molecular formula is C8H8N4O. The van der Waals surface area contributed by atoms with Crippen molar-refractivity contribution in [3.63, 3.8) is 0 Å². The zero-order valence-electron chi connectivity index (χ0n) is 7.06. The zero-order chi connectivity index (χ0) is 9.42. The number of aryl methyl sites for hydroxylation is 1. The van der Waals surface area contributed by atoms with Crippen LogP contribution in [-0.2, 0) is 0 Å². The van der Waals surface area contributed by atoms with Gasteiger partial charge in [0.15, 0.2) is 5.65 Å². The van der Waals surface area contributed by atoms with E-state index in [1.54, 1.807) is 6.07 Å². The molecule has 0 radical (unpaired) electrons. The Hall–Kier alpha value is -1.91. The highest BCUT2D eigenvalue weighted by molar-refractivity contribution is 5.91. The molecule has 2 aromatic rings. The minimum absolute atomic E-state index is 0.304. The first-order valence-corrected chi connectivity index (χ1v) is 3.79. The number of imidazole rings is 1. The molecule has 0 spiro atoms. The van der Waals surface area contributed by atoms with E-state index in [0.29, 0.717) is 11.3 Å². The van der Waals surface area contributed by atoms with Crippen LogP contribution in [0.15, 0.2) is 18.3 Å². The van der Waals surface area contributed by atoms with Gasteiger partial charge in [-0.3, -0.25) is 4.79 Å². The Morgan fingerprint density at radius 1 is 1.54 bits per heavy atom. The van der Waals surface area contributed by atoms with Crippen molar-refractivity contribution in [3.8, 4) is 0 Å². The van der Waals surface area contributed by atoms with Crippen LogP contribution < -0.4 is 5.73 Å². The van der Waals surface area contributed by atoms with Gasteiger partial charge >= 0.3 is 0 Å². The van der Waals surface area contributed by atoms with Gasteiger partial charge in [-0.15, -0.1) is 0 Å². The number of aromatic nitrogens is 3. The predicted octanol–water partition coefficient (Wildman–Crippen LogP) is 0.137. The van der Waals surface area contributed by atoms with Crippen LogP contribution in [0.2, 0.25) is 0 Å². The molecule has 0 saturated carbocycles. The number of rotatable bonds is 1. The SMILES string of the molecule is Cc1ccc2ncc(C(N)=O)n2n1. The summed E-state index contributed by atoms with van der Waals surface area (Å²) in [6, 6.07) is 3.61. The van der Waals surface area contributed by atoms with Crippen LogP contribution in [0.3, 0.4) is 0 Å². The maximum atomic E-state index is 10.9. The van der Waals surface area contributed by atoms with Crippen LogP contribution in [0.5, 0.6) is 0 Å². The summed E-state index contributed by atoms with van der Waals surface area (Å²) >= 11 is 0. The summed E-state index contributed by atoms with van der Waals surface area (Å²) in [5.74, 6) is -0.523. The molecule has 0 aromatic carbocycles. The molecule has 0 aliphatic heterocycles. The van der Waals surface area contributed by atoms with Crippen LogP contribution in [-0.4, -0.2) is 20.5 Å². The molecule has 5 heteroatoms.